The lowest BCUT2D eigenvalue weighted by atomic mass is 9.83. The average molecular weight is 206 g/mol. The van der Waals surface area contributed by atoms with Crippen molar-refractivity contribution in [2.75, 3.05) is 27.4 Å². The standard InChI is InChI=1S/C13H18O2/c1-14-9-13(10-15-2)8-7-11-5-3-4-6-12(11)13/h3-6H,7-10H2,1-2H3. The summed E-state index contributed by atoms with van der Waals surface area (Å²) in [5, 5.41) is 0. The van der Waals surface area contributed by atoms with E-state index in [2.05, 4.69) is 24.3 Å². The molecule has 0 heterocycles. The Labute approximate surface area is 91.2 Å². The highest BCUT2D eigenvalue weighted by molar-refractivity contribution is 5.39. The molecule has 2 heteroatoms. The maximum Gasteiger partial charge on any atom is 0.0581 e. The largest absolute Gasteiger partial charge is 0.384 e. The molecular formula is C13H18O2. The van der Waals surface area contributed by atoms with Crippen LogP contribution in [0.2, 0.25) is 0 Å². The topological polar surface area (TPSA) is 18.5 Å². The van der Waals surface area contributed by atoms with Gasteiger partial charge in [0.25, 0.3) is 0 Å². The molecule has 0 amide bonds. The molecule has 0 atom stereocenters. The Hall–Kier alpha value is -0.860. The van der Waals surface area contributed by atoms with Crippen LogP contribution in [0.3, 0.4) is 0 Å². The first kappa shape index (κ1) is 10.7. The zero-order chi connectivity index (χ0) is 10.7. The highest BCUT2D eigenvalue weighted by Crippen LogP contribution is 2.39. The van der Waals surface area contributed by atoms with E-state index < -0.39 is 0 Å². The zero-order valence-electron chi connectivity index (χ0n) is 9.45. The Morgan fingerprint density at radius 2 is 1.80 bits per heavy atom. The van der Waals surface area contributed by atoms with Crippen LogP contribution in [0.4, 0.5) is 0 Å². The molecule has 1 aliphatic rings. The van der Waals surface area contributed by atoms with Gasteiger partial charge in [0, 0.05) is 19.6 Å². The van der Waals surface area contributed by atoms with Gasteiger partial charge in [-0.2, -0.15) is 0 Å². The maximum absolute atomic E-state index is 5.36. The van der Waals surface area contributed by atoms with Crippen LogP contribution >= 0.6 is 0 Å². The number of ether oxygens (including phenoxy) is 2. The van der Waals surface area contributed by atoms with Crippen molar-refractivity contribution in [2.24, 2.45) is 0 Å². The van der Waals surface area contributed by atoms with Gasteiger partial charge in [0.15, 0.2) is 0 Å². The minimum Gasteiger partial charge on any atom is -0.384 e. The van der Waals surface area contributed by atoms with Crippen molar-refractivity contribution in [3.8, 4) is 0 Å². The molecule has 0 bridgehead atoms. The fourth-order valence-electron chi connectivity index (χ4n) is 2.66. The fraction of sp³-hybridized carbons (Fsp3) is 0.538. The van der Waals surface area contributed by atoms with Crippen LogP contribution in [-0.4, -0.2) is 27.4 Å². The van der Waals surface area contributed by atoms with Crippen LogP contribution in [0.1, 0.15) is 17.5 Å². The van der Waals surface area contributed by atoms with Crippen molar-refractivity contribution in [1.29, 1.82) is 0 Å². The summed E-state index contributed by atoms with van der Waals surface area (Å²) in [5.74, 6) is 0. The number of methoxy groups -OCH3 is 2. The third kappa shape index (κ3) is 1.80. The second kappa shape index (κ2) is 4.33. The van der Waals surface area contributed by atoms with Crippen molar-refractivity contribution in [3.05, 3.63) is 35.4 Å². The Bertz CT molecular complexity index is 322. The summed E-state index contributed by atoms with van der Waals surface area (Å²) in [4.78, 5) is 0. The lowest BCUT2D eigenvalue weighted by Crippen LogP contribution is -2.34. The second-order valence-corrected chi connectivity index (χ2v) is 4.30. The van der Waals surface area contributed by atoms with E-state index >= 15 is 0 Å². The Morgan fingerprint density at radius 1 is 1.13 bits per heavy atom. The minimum absolute atomic E-state index is 0.0834. The number of hydrogen-bond donors (Lipinski definition) is 0. The molecule has 0 unspecified atom stereocenters. The molecule has 2 rings (SSSR count). The second-order valence-electron chi connectivity index (χ2n) is 4.30. The monoisotopic (exact) mass is 206 g/mol. The van der Waals surface area contributed by atoms with Crippen LogP contribution in [-0.2, 0) is 21.3 Å². The van der Waals surface area contributed by atoms with E-state index in [0.29, 0.717) is 0 Å². The van der Waals surface area contributed by atoms with E-state index in [4.69, 9.17) is 9.47 Å². The molecule has 0 aromatic heterocycles. The molecule has 1 aliphatic carbocycles. The molecule has 2 nitrogen and oxygen atoms in total. The molecule has 0 N–H and O–H groups in total. The molecule has 0 radical (unpaired) electrons. The first-order valence-corrected chi connectivity index (χ1v) is 5.39. The normalized spacial score (nSPS) is 17.7. The predicted molar refractivity (Wildman–Crippen MR) is 60.2 cm³/mol. The summed E-state index contributed by atoms with van der Waals surface area (Å²) >= 11 is 0. The summed E-state index contributed by atoms with van der Waals surface area (Å²) < 4.78 is 10.7. The molecule has 1 aromatic carbocycles. The van der Waals surface area contributed by atoms with Crippen LogP contribution in [0.25, 0.3) is 0 Å². The lowest BCUT2D eigenvalue weighted by Gasteiger charge is -2.28. The van der Waals surface area contributed by atoms with E-state index in [-0.39, 0.29) is 5.41 Å². The summed E-state index contributed by atoms with van der Waals surface area (Å²) in [7, 11) is 3.52. The lowest BCUT2D eigenvalue weighted by molar-refractivity contribution is 0.0599. The predicted octanol–water partition coefficient (Wildman–Crippen LogP) is 2.16. The van der Waals surface area contributed by atoms with Gasteiger partial charge < -0.3 is 9.47 Å². The van der Waals surface area contributed by atoms with E-state index in [9.17, 15) is 0 Å². The molecule has 0 aliphatic heterocycles. The summed E-state index contributed by atoms with van der Waals surface area (Å²) in [6.07, 6.45) is 2.27. The fourth-order valence-corrected chi connectivity index (χ4v) is 2.66. The van der Waals surface area contributed by atoms with Crippen molar-refractivity contribution in [3.63, 3.8) is 0 Å². The van der Waals surface area contributed by atoms with Crippen LogP contribution in [0, 0.1) is 0 Å². The molecular weight excluding hydrogens is 188 g/mol. The highest BCUT2D eigenvalue weighted by atomic mass is 16.5. The van der Waals surface area contributed by atoms with Crippen molar-refractivity contribution < 1.29 is 9.47 Å². The zero-order valence-corrected chi connectivity index (χ0v) is 9.45. The highest BCUT2D eigenvalue weighted by Gasteiger charge is 2.38. The van der Waals surface area contributed by atoms with Crippen molar-refractivity contribution in [2.45, 2.75) is 18.3 Å². The van der Waals surface area contributed by atoms with Gasteiger partial charge in [-0.25, -0.2) is 0 Å². The molecule has 15 heavy (non-hydrogen) atoms. The molecule has 0 fully saturated rings. The smallest absolute Gasteiger partial charge is 0.0581 e. The SMILES string of the molecule is COCC1(COC)CCc2ccccc21. The van der Waals surface area contributed by atoms with Crippen LogP contribution in [0.5, 0.6) is 0 Å². The quantitative estimate of drug-likeness (QED) is 0.751. The Balaban J connectivity index is 2.35. The van der Waals surface area contributed by atoms with Crippen molar-refractivity contribution in [1.82, 2.24) is 0 Å². The third-order valence-corrected chi connectivity index (χ3v) is 3.30. The van der Waals surface area contributed by atoms with Crippen LogP contribution in [0.15, 0.2) is 24.3 Å². The number of fused-ring (bicyclic) bond motifs is 1. The van der Waals surface area contributed by atoms with E-state index in [1.807, 2.05) is 0 Å². The van der Waals surface area contributed by atoms with Gasteiger partial charge in [-0.1, -0.05) is 24.3 Å². The van der Waals surface area contributed by atoms with Gasteiger partial charge in [0.05, 0.1) is 13.2 Å². The summed E-state index contributed by atoms with van der Waals surface area (Å²) in [5.41, 5.74) is 2.94. The molecule has 0 saturated carbocycles. The van der Waals surface area contributed by atoms with Gasteiger partial charge in [0.2, 0.25) is 0 Å². The van der Waals surface area contributed by atoms with Gasteiger partial charge in [0.1, 0.15) is 0 Å². The van der Waals surface area contributed by atoms with E-state index in [1.165, 1.54) is 11.1 Å². The number of hydrogen-bond acceptors (Lipinski definition) is 2. The number of benzene rings is 1. The third-order valence-electron chi connectivity index (χ3n) is 3.30. The molecule has 0 spiro atoms. The van der Waals surface area contributed by atoms with E-state index in [1.54, 1.807) is 14.2 Å². The number of aryl methyl sites for hydroxylation is 1. The summed E-state index contributed by atoms with van der Waals surface area (Å²) in [6.45, 7) is 1.50. The first-order valence-electron chi connectivity index (χ1n) is 5.39. The van der Waals surface area contributed by atoms with Gasteiger partial charge in [-0.3, -0.25) is 0 Å². The average Bonchev–Trinajstić information content (AvgIpc) is 2.60. The minimum atomic E-state index is 0.0834. The Morgan fingerprint density at radius 3 is 2.47 bits per heavy atom. The first-order chi connectivity index (χ1) is 7.32. The van der Waals surface area contributed by atoms with E-state index in [0.717, 1.165) is 26.1 Å². The molecule has 0 saturated heterocycles. The van der Waals surface area contributed by atoms with Gasteiger partial charge in [-0.15, -0.1) is 0 Å². The molecule has 1 aromatic rings. The van der Waals surface area contributed by atoms with Gasteiger partial charge >= 0.3 is 0 Å². The van der Waals surface area contributed by atoms with Crippen LogP contribution < -0.4 is 0 Å². The summed E-state index contributed by atoms with van der Waals surface area (Å²) in [6, 6.07) is 8.63. The Kier molecular flexibility index (Phi) is 3.08. The molecule has 82 valence electrons. The maximum atomic E-state index is 5.36. The van der Waals surface area contributed by atoms with Gasteiger partial charge in [-0.05, 0) is 24.0 Å². The van der Waals surface area contributed by atoms with Crippen molar-refractivity contribution >= 4 is 0 Å². The number of rotatable bonds is 4.